The first-order valence-corrected chi connectivity index (χ1v) is 5.54. The van der Waals surface area contributed by atoms with E-state index < -0.39 is 0 Å². The first-order chi connectivity index (χ1) is 8.27. The molecule has 0 fully saturated rings. The van der Waals surface area contributed by atoms with Gasteiger partial charge >= 0.3 is 0 Å². The molecular weight excluding hydrogens is 212 g/mol. The van der Waals surface area contributed by atoms with E-state index in [0.717, 1.165) is 11.4 Å². The van der Waals surface area contributed by atoms with Gasteiger partial charge in [-0.05, 0) is 31.2 Å². The van der Waals surface area contributed by atoms with Crippen molar-refractivity contribution in [3.05, 3.63) is 60.4 Å². The Morgan fingerprint density at radius 2 is 1.82 bits per heavy atom. The molecule has 0 spiro atoms. The minimum atomic E-state index is -0.253. The molecule has 0 aliphatic heterocycles. The van der Waals surface area contributed by atoms with E-state index in [1.165, 1.54) is 0 Å². The Labute approximate surface area is 101 Å². The number of amides is 1. The fourth-order valence-electron chi connectivity index (χ4n) is 1.54. The lowest BCUT2D eigenvalue weighted by molar-refractivity contribution is -0.117. The highest BCUT2D eigenvalue weighted by Crippen LogP contribution is 2.15. The lowest BCUT2D eigenvalue weighted by Gasteiger charge is -2.11. The lowest BCUT2D eigenvalue weighted by Crippen LogP contribution is -2.19. The minimum Gasteiger partial charge on any atom is -0.326 e. The average Bonchev–Trinajstić information content (AvgIpc) is 2.40. The number of carbonyl (C=O) groups excluding carboxylic acids is 1. The van der Waals surface area contributed by atoms with Crippen LogP contribution < -0.4 is 5.32 Å². The van der Waals surface area contributed by atoms with Gasteiger partial charge in [-0.2, -0.15) is 0 Å². The fourth-order valence-corrected chi connectivity index (χ4v) is 1.54. The van der Waals surface area contributed by atoms with Crippen LogP contribution >= 0.6 is 0 Å². The zero-order chi connectivity index (χ0) is 12.1. The van der Waals surface area contributed by atoms with Gasteiger partial charge in [0.1, 0.15) is 0 Å². The predicted octanol–water partition coefficient (Wildman–Crippen LogP) is 2.82. The van der Waals surface area contributed by atoms with Gasteiger partial charge < -0.3 is 5.32 Å². The molecule has 0 radical (unpaired) electrons. The largest absolute Gasteiger partial charge is 0.326 e. The van der Waals surface area contributed by atoms with Gasteiger partial charge in [-0.3, -0.25) is 9.78 Å². The monoisotopic (exact) mass is 226 g/mol. The number of carbonyl (C=O) groups is 1. The highest BCUT2D eigenvalue weighted by molar-refractivity contribution is 5.95. The second kappa shape index (κ2) is 5.25. The lowest BCUT2D eigenvalue weighted by atomic mass is 10.1. The van der Waals surface area contributed by atoms with Crippen molar-refractivity contribution in [1.29, 1.82) is 0 Å². The second-order valence-corrected chi connectivity index (χ2v) is 3.83. The van der Waals surface area contributed by atoms with E-state index >= 15 is 0 Å². The predicted molar refractivity (Wildman–Crippen MR) is 67.7 cm³/mol. The molecule has 0 saturated heterocycles. The van der Waals surface area contributed by atoms with Crippen molar-refractivity contribution in [3.8, 4) is 0 Å². The molecule has 1 unspecified atom stereocenters. The van der Waals surface area contributed by atoms with Crippen molar-refractivity contribution in [1.82, 2.24) is 4.98 Å². The normalized spacial score (nSPS) is 11.8. The van der Waals surface area contributed by atoms with E-state index in [9.17, 15) is 4.79 Å². The van der Waals surface area contributed by atoms with E-state index in [1.807, 2.05) is 55.5 Å². The molecular formula is C14H14N2O. The zero-order valence-electron chi connectivity index (χ0n) is 9.63. The summed E-state index contributed by atoms with van der Waals surface area (Å²) in [6.45, 7) is 1.85. The summed E-state index contributed by atoms with van der Waals surface area (Å²) in [5, 5.41) is 2.86. The van der Waals surface area contributed by atoms with Crippen molar-refractivity contribution < 1.29 is 4.79 Å². The van der Waals surface area contributed by atoms with E-state index in [4.69, 9.17) is 0 Å². The molecule has 1 amide bonds. The SMILES string of the molecule is CC(C(=O)Nc1ccccc1)c1ccccn1. The van der Waals surface area contributed by atoms with E-state index in [0.29, 0.717) is 0 Å². The number of rotatable bonds is 3. The van der Waals surface area contributed by atoms with E-state index in [2.05, 4.69) is 10.3 Å². The number of para-hydroxylation sites is 1. The molecule has 1 aromatic heterocycles. The molecule has 86 valence electrons. The van der Waals surface area contributed by atoms with Crippen molar-refractivity contribution in [2.45, 2.75) is 12.8 Å². The van der Waals surface area contributed by atoms with Gasteiger partial charge in [-0.15, -0.1) is 0 Å². The summed E-state index contributed by atoms with van der Waals surface area (Å²) in [6.07, 6.45) is 1.70. The van der Waals surface area contributed by atoms with Crippen LogP contribution in [0.15, 0.2) is 54.7 Å². The number of pyridine rings is 1. The maximum Gasteiger partial charge on any atom is 0.233 e. The van der Waals surface area contributed by atoms with Gasteiger partial charge in [0, 0.05) is 11.9 Å². The molecule has 17 heavy (non-hydrogen) atoms. The number of aromatic nitrogens is 1. The van der Waals surface area contributed by atoms with Gasteiger partial charge in [0.25, 0.3) is 0 Å². The summed E-state index contributed by atoms with van der Waals surface area (Å²) in [7, 11) is 0. The summed E-state index contributed by atoms with van der Waals surface area (Å²) in [4.78, 5) is 16.1. The summed E-state index contributed by atoms with van der Waals surface area (Å²) in [5.41, 5.74) is 1.58. The van der Waals surface area contributed by atoms with Gasteiger partial charge in [-0.1, -0.05) is 24.3 Å². The first-order valence-electron chi connectivity index (χ1n) is 5.54. The Balaban J connectivity index is 2.06. The number of nitrogens with one attached hydrogen (secondary N) is 1. The van der Waals surface area contributed by atoms with E-state index in [1.54, 1.807) is 6.20 Å². The van der Waals surface area contributed by atoms with E-state index in [-0.39, 0.29) is 11.8 Å². The number of hydrogen-bond acceptors (Lipinski definition) is 2. The second-order valence-electron chi connectivity index (χ2n) is 3.83. The molecule has 0 bridgehead atoms. The van der Waals surface area contributed by atoms with Crippen LogP contribution in [0.3, 0.4) is 0 Å². The topological polar surface area (TPSA) is 42.0 Å². The molecule has 0 aliphatic carbocycles. The third-order valence-corrected chi connectivity index (χ3v) is 2.57. The third-order valence-electron chi connectivity index (χ3n) is 2.57. The molecule has 3 nitrogen and oxygen atoms in total. The van der Waals surface area contributed by atoms with Crippen LogP contribution in [0.5, 0.6) is 0 Å². The van der Waals surface area contributed by atoms with Crippen molar-refractivity contribution >= 4 is 11.6 Å². The smallest absolute Gasteiger partial charge is 0.233 e. The van der Waals surface area contributed by atoms with Crippen LogP contribution in [0.1, 0.15) is 18.5 Å². The number of benzene rings is 1. The van der Waals surface area contributed by atoms with Crippen LogP contribution in [0.2, 0.25) is 0 Å². The van der Waals surface area contributed by atoms with Gasteiger partial charge in [0.05, 0.1) is 11.6 Å². The van der Waals surface area contributed by atoms with Crippen molar-refractivity contribution in [3.63, 3.8) is 0 Å². The third kappa shape index (κ3) is 2.91. The maximum atomic E-state index is 12.0. The Morgan fingerprint density at radius 3 is 2.47 bits per heavy atom. The maximum absolute atomic E-state index is 12.0. The fraction of sp³-hybridized carbons (Fsp3) is 0.143. The first kappa shape index (κ1) is 11.3. The van der Waals surface area contributed by atoms with Crippen LogP contribution in [-0.2, 0) is 4.79 Å². The molecule has 1 N–H and O–H groups in total. The highest BCUT2D eigenvalue weighted by atomic mass is 16.1. The quantitative estimate of drug-likeness (QED) is 0.874. The molecule has 0 saturated carbocycles. The molecule has 3 heteroatoms. The summed E-state index contributed by atoms with van der Waals surface area (Å²) >= 11 is 0. The van der Waals surface area contributed by atoms with Gasteiger partial charge in [-0.25, -0.2) is 0 Å². The molecule has 0 aliphatic rings. The minimum absolute atomic E-state index is 0.0464. The molecule has 1 heterocycles. The Bertz CT molecular complexity index is 482. The van der Waals surface area contributed by atoms with Gasteiger partial charge in [0.2, 0.25) is 5.91 Å². The zero-order valence-corrected chi connectivity index (χ0v) is 9.63. The highest BCUT2D eigenvalue weighted by Gasteiger charge is 2.15. The Morgan fingerprint density at radius 1 is 1.12 bits per heavy atom. The van der Waals surface area contributed by atoms with Crippen LogP contribution in [-0.4, -0.2) is 10.9 Å². The number of hydrogen-bond donors (Lipinski definition) is 1. The van der Waals surface area contributed by atoms with Crippen LogP contribution in [0.25, 0.3) is 0 Å². The number of nitrogens with zero attached hydrogens (tertiary/aromatic N) is 1. The Kier molecular flexibility index (Phi) is 3.50. The standard InChI is InChI=1S/C14H14N2O/c1-11(13-9-5-6-10-15-13)14(17)16-12-7-3-2-4-8-12/h2-11H,1H3,(H,16,17). The Hall–Kier alpha value is -2.16. The summed E-state index contributed by atoms with van der Waals surface area (Å²) in [6, 6.07) is 15.0. The van der Waals surface area contributed by atoms with Gasteiger partial charge in [0.15, 0.2) is 0 Å². The van der Waals surface area contributed by atoms with Crippen LogP contribution in [0.4, 0.5) is 5.69 Å². The molecule has 1 aromatic carbocycles. The molecule has 2 rings (SSSR count). The summed E-state index contributed by atoms with van der Waals surface area (Å²) < 4.78 is 0. The summed E-state index contributed by atoms with van der Waals surface area (Å²) in [5.74, 6) is -0.300. The van der Waals surface area contributed by atoms with Crippen LogP contribution in [0, 0.1) is 0 Å². The number of anilines is 1. The average molecular weight is 226 g/mol. The molecule has 2 aromatic rings. The van der Waals surface area contributed by atoms with Crippen molar-refractivity contribution in [2.24, 2.45) is 0 Å². The van der Waals surface area contributed by atoms with Crippen molar-refractivity contribution in [2.75, 3.05) is 5.32 Å². The molecule has 1 atom stereocenters.